The fourth-order valence-electron chi connectivity index (χ4n) is 3.09. The van der Waals surface area contributed by atoms with Gasteiger partial charge in [0.25, 0.3) is 0 Å². The molecule has 7 nitrogen and oxygen atoms in total. The molecular formula is C25H21FN4O3S. The van der Waals surface area contributed by atoms with Crippen molar-refractivity contribution in [2.75, 3.05) is 5.32 Å². The van der Waals surface area contributed by atoms with E-state index in [1.54, 1.807) is 30.3 Å². The lowest BCUT2D eigenvalue weighted by Gasteiger charge is -2.08. The van der Waals surface area contributed by atoms with Gasteiger partial charge in [0.2, 0.25) is 11.8 Å². The van der Waals surface area contributed by atoms with Crippen LogP contribution in [0.1, 0.15) is 17.5 Å². The molecule has 2 N–H and O–H groups in total. The predicted octanol–water partition coefficient (Wildman–Crippen LogP) is 4.36. The fourth-order valence-corrected chi connectivity index (χ4v) is 4.02. The average Bonchev–Trinajstić information content (AvgIpc) is 3.18. The molecule has 1 aliphatic heterocycles. The van der Waals surface area contributed by atoms with Crippen LogP contribution in [0.3, 0.4) is 0 Å². The second kappa shape index (κ2) is 11.2. The van der Waals surface area contributed by atoms with E-state index in [4.69, 9.17) is 4.74 Å². The first-order valence-electron chi connectivity index (χ1n) is 10.5. The lowest BCUT2D eigenvalue weighted by Crippen LogP contribution is -2.28. The lowest BCUT2D eigenvalue weighted by molar-refractivity contribution is -0.122. The summed E-state index contributed by atoms with van der Waals surface area (Å²) in [4.78, 5) is 24.4. The van der Waals surface area contributed by atoms with Crippen LogP contribution < -0.4 is 15.4 Å². The number of anilines is 1. The van der Waals surface area contributed by atoms with E-state index in [9.17, 15) is 14.0 Å². The van der Waals surface area contributed by atoms with Crippen molar-refractivity contribution >= 4 is 40.6 Å². The number of ether oxygens (including phenoxy) is 1. The summed E-state index contributed by atoms with van der Waals surface area (Å²) in [5.41, 5.74) is 2.21. The standard InChI is InChI=1S/C25H21FN4O3S/c26-19-12-10-17(11-13-19)16-33-21-9-5-4-6-18(21)15-27-30-25-29-24(32)22(34-25)14-23(31)28-20-7-2-1-3-8-20/h1-13,15,22H,14,16H2,(H,28,31)(H,29,30,32)/b27-15-/t22-/m0/s1. The lowest BCUT2D eigenvalue weighted by atomic mass is 10.2. The third-order valence-corrected chi connectivity index (χ3v) is 5.85. The van der Waals surface area contributed by atoms with Crippen molar-refractivity contribution in [3.05, 3.63) is 95.8 Å². The van der Waals surface area contributed by atoms with Crippen LogP contribution in [0, 0.1) is 5.82 Å². The Labute approximate surface area is 200 Å². The van der Waals surface area contributed by atoms with E-state index in [1.807, 2.05) is 36.4 Å². The zero-order chi connectivity index (χ0) is 23.8. The first-order valence-corrected chi connectivity index (χ1v) is 11.3. The Kier molecular flexibility index (Phi) is 7.67. The van der Waals surface area contributed by atoms with Gasteiger partial charge < -0.3 is 15.4 Å². The minimum atomic E-state index is -0.580. The fraction of sp³-hybridized carbons (Fsp3) is 0.120. The molecule has 0 radical (unpaired) electrons. The third kappa shape index (κ3) is 6.52. The van der Waals surface area contributed by atoms with Crippen molar-refractivity contribution < 1.29 is 18.7 Å². The van der Waals surface area contributed by atoms with Crippen LogP contribution in [0.2, 0.25) is 0 Å². The highest BCUT2D eigenvalue weighted by atomic mass is 32.2. The maximum Gasteiger partial charge on any atom is 0.240 e. The number of benzene rings is 3. The predicted molar refractivity (Wildman–Crippen MR) is 131 cm³/mol. The third-order valence-electron chi connectivity index (χ3n) is 4.78. The number of halogens is 1. The Hall–Kier alpha value is -3.98. The molecule has 4 rings (SSSR count). The van der Waals surface area contributed by atoms with E-state index in [1.165, 1.54) is 18.3 Å². The van der Waals surface area contributed by atoms with E-state index >= 15 is 0 Å². The number of nitrogens with one attached hydrogen (secondary N) is 2. The molecule has 2 amide bonds. The molecule has 3 aromatic carbocycles. The number of rotatable bonds is 8. The summed E-state index contributed by atoms with van der Waals surface area (Å²) in [5.74, 6) is -0.248. The maximum absolute atomic E-state index is 13.1. The van der Waals surface area contributed by atoms with Gasteiger partial charge in [-0.25, -0.2) is 4.39 Å². The second-order valence-electron chi connectivity index (χ2n) is 7.32. The molecule has 0 aliphatic carbocycles. The van der Waals surface area contributed by atoms with Gasteiger partial charge in [-0.3, -0.25) is 9.59 Å². The number of carbonyl (C=O) groups excluding carboxylic acids is 2. The van der Waals surface area contributed by atoms with Gasteiger partial charge in [-0.1, -0.05) is 54.2 Å². The summed E-state index contributed by atoms with van der Waals surface area (Å²) in [6.45, 7) is 0.276. The van der Waals surface area contributed by atoms with Crippen molar-refractivity contribution in [3.8, 4) is 5.75 Å². The minimum absolute atomic E-state index is 0.0220. The number of hydrogen-bond acceptors (Lipinski definition) is 6. The summed E-state index contributed by atoms with van der Waals surface area (Å²) in [7, 11) is 0. The summed E-state index contributed by atoms with van der Waals surface area (Å²) < 4.78 is 18.9. The van der Waals surface area contributed by atoms with Crippen LogP contribution >= 0.6 is 11.8 Å². The average molecular weight is 477 g/mol. The molecule has 1 heterocycles. The van der Waals surface area contributed by atoms with E-state index < -0.39 is 5.25 Å². The van der Waals surface area contributed by atoms with Crippen LogP contribution in [0.4, 0.5) is 10.1 Å². The Morgan fingerprint density at radius 2 is 1.79 bits per heavy atom. The molecule has 1 saturated heterocycles. The number of hydrogen-bond donors (Lipinski definition) is 2. The van der Waals surface area contributed by atoms with Crippen LogP contribution in [0.5, 0.6) is 5.75 Å². The molecule has 0 unspecified atom stereocenters. The van der Waals surface area contributed by atoms with E-state index in [2.05, 4.69) is 20.8 Å². The largest absolute Gasteiger partial charge is 0.488 e. The Balaban J connectivity index is 1.33. The molecule has 0 bridgehead atoms. The monoisotopic (exact) mass is 476 g/mol. The molecule has 34 heavy (non-hydrogen) atoms. The molecule has 0 spiro atoms. The Bertz CT molecular complexity index is 1220. The first kappa shape index (κ1) is 23.2. The highest BCUT2D eigenvalue weighted by Crippen LogP contribution is 2.23. The molecule has 172 valence electrons. The summed E-state index contributed by atoms with van der Waals surface area (Å²) in [6, 6.07) is 22.4. The maximum atomic E-state index is 13.1. The summed E-state index contributed by atoms with van der Waals surface area (Å²) >= 11 is 1.16. The van der Waals surface area contributed by atoms with Gasteiger partial charge in [0.1, 0.15) is 23.4 Å². The van der Waals surface area contributed by atoms with Crippen LogP contribution in [-0.2, 0) is 16.2 Å². The zero-order valence-corrected chi connectivity index (χ0v) is 18.8. The topological polar surface area (TPSA) is 92.2 Å². The van der Waals surface area contributed by atoms with E-state index in [0.29, 0.717) is 22.2 Å². The van der Waals surface area contributed by atoms with Gasteiger partial charge in [-0.15, -0.1) is 5.10 Å². The number of amidine groups is 1. The van der Waals surface area contributed by atoms with E-state index in [0.717, 1.165) is 17.3 Å². The van der Waals surface area contributed by atoms with Gasteiger partial charge in [-0.2, -0.15) is 5.10 Å². The van der Waals surface area contributed by atoms with Crippen LogP contribution in [0.25, 0.3) is 0 Å². The molecule has 1 fully saturated rings. The SMILES string of the molecule is O=C(C[C@@H]1S/C(=N\N=C/c2ccccc2OCc2ccc(F)cc2)NC1=O)Nc1ccccc1. The molecule has 0 aromatic heterocycles. The van der Waals surface area contributed by atoms with Crippen LogP contribution in [0.15, 0.2) is 89.1 Å². The van der Waals surface area contributed by atoms with Crippen molar-refractivity contribution in [3.63, 3.8) is 0 Å². The first-order chi connectivity index (χ1) is 16.6. The zero-order valence-electron chi connectivity index (χ0n) is 18.0. The number of amides is 2. The Morgan fingerprint density at radius 1 is 1.06 bits per heavy atom. The quantitative estimate of drug-likeness (QED) is 0.373. The van der Waals surface area contributed by atoms with Gasteiger partial charge in [-0.05, 0) is 42.0 Å². The van der Waals surface area contributed by atoms with Crippen molar-refractivity contribution in [1.29, 1.82) is 0 Å². The summed E-state index contributed by atoms with van der Waals surface area (Å²) in [5, 5.41) is 13.3. The van der Waals surface area contributed by atoms with Crippen molar-refractivity contribution in [2.45, 2.75) is 18.3 Å². The molecule has 3 aromatic rings. The number of carbonyl (C=O) groups is 2. The molecule has 9 heteroatoms. The van der Waals surface area contributed by atoms with Gasteiger partial charge >= 0.3 is 0 Å². The minimum Gasteiger partial charge on any atom is -0.488 e. The smallest absolute Gasteiger partial charge is 0.240 e. The molecule has 1 aliphatic rings. The normalized spacial score (nSPS) is 16.6. The molecular weight excluding hydrogens is 455 g/mol. The molecule has 1 atom stereocenters. The number of thioether (sulfide) groups is 1. The van der Waals surface area contributed by atoms with Crippen molar-refractivity contribution in [1.82, 2.24) is 5.32 Å². The van der Waals surface area contributed by atoms with Gasteiger partial charge in [0.15, 0.2) is 5.17 Å². The van der Waals surface area contributed by atoms with Gasteiger partial charge in [0, 0.05) is 17.7 Å². The van der Waals surface area contributed by atoms with Crippen molar-refractivity contribution in [2.24, 2.45) is 10.2 Å². The van der Waals surface area contributed by atoms with Crippen LogP contribution in [-0.4, -0.2) is 28.4 Å². The van der Waals surface area contributed by atoms with Gasteiger partial charge in [0.05, 0.1) is 6.21 Å². The highest BCUT2D eigenvalue weighted by molar-refractivity contribution is 8.15. The highest BCUT2D eigenvalue weighted by Gasteiger charge is 2.32. The number of para-hydroxylation sites is 2. The second-order valence-corrected chi connectivity index (χ2v) is 8.51. The van der Waals surface area contributed by atoms with E-state index in [-0.39, 0.29) is 30.7 Å². The summed E-state index contributed by atoms with van der Waals surface area (Å²) in [6.07, 6.45) is 1.54. The number of nitrogens with zero attached hydrogens (tertiary/aromatic N) is 2. The molecule has 0 saturated carbocycles. The Morgan fingerprint density at radius 3 is 2.59 bits per heavy atom.